The minimum atomic E-state index is -0.529. The van der Waals surface area contributed by atoms with E-state index in [1.165, 1.54) is 0 Å². The maximum Gasteiger partial charge on any atom is 0.417 e. The van der Waals surface area contributed by atoms with Crippen LogP contribution in [0.15, 0.2) is 42.5 Å². The van der Waals surface area contributed by atoms with E-state index in [1.54, 1.807) is 30.3 Å². The van der Waals surface area contributed by atoms with Gasteiger partial charge >= 0.3 is 6.09 Å². The molecule has 0 atom stereocenters. The van der Waals surface area contributed by atoms with E-state index in [1.807, 2.05) is 26.0 Å². The van der Waals surface area contributed by atoms with Crippen molar-refractivity contribution in [2.75, 3.05) is 5.32 Å². The summed E-state index contributed by atoms with van der Waals surface area (Å²) < 4.78 is 5.17. The van der Waals surface area contributed by atoms with Crippen LogP contribution >= 0.6 is 11.6 Å². The van der Waals surface area contributed by atoms with Gasteiger partial charge in [0, 0.05) is 10.7 Å². The van der Waals surface area contributed by atoms with Crippen LogP contribution < -0.4 is 10.1 Å². The summed E-state index contributed by atoms with van der Waals surface area (Å²) in [6.07, 6.45) is 0.326. The fourth-order valence-electron chi connectivity index (χ4n) is 1.91. The lowest BCUT2D eigenvalue weighted by atomic mass is 10.1. The Morgan fingerprint density at radius 1 is 1.25 bits per heavy atom. The van der Waals surface area contributed by atoms with Crippen LogP contribution in [-0.4, -0.2) is 6.09 Å². The molecule has 104 valence electrons. The van der Waals surface area contributed by atoms with E-state index in [9.17, 15) is 4.79 Å². The number of carbonyl (C=O) groups is 1. The van der Waals surface area contributed by atoms with Gasteiger partial charge in [-0.05, 0) is 48.7 Å². The Morgan fingerprint density at radius 3 is 2.60 bits per heavy atom. The van der Waals surface area contributed by atoms with E-state index < -0.39 is 6.09 Å². The molecule has 0 aromatic heterocycles. The second kappa shape index (κ2) is 6.44. The molecule has 3 nitrogen and oxygen atoms in total. The van der Waals surface area contributed by atoms with Crippen LogP contribution in [0.25, 0.3) is 0 Å². The molecule has 1 amide bonds. The minimum absolute atomic E-state index is 0.499. The number of nitrogens with one attached hydrogen (secondary N) is 1. The summed E-state index contributed by atoms with van der Waals surface area (Å²) in [5, 5.41) is 3.33. The highest BCUT2D eigenvalue weighted by Crippen LogP contribution is 2.25. The first kappa shape index (κ1) is 14.4. The van der Waals surface area contributed by atoms with Crippen LogP contribution in [0.3, 0.4) is 0 Å². The molecule has 0 bridgehead atoms. The molecule has 0 spiro atoms. The first-order chi connectivity index (χ1) is 9.60. The van der Waals surface area contributed by atoms with Crippen molar-refractivity contribution in [3.63, 3.8) is 0 Å². The summed E-state index contributed by atoms with van der Waals surface area (Å²) in [7, 11) is 0. The molecule has 0 aliphatic rings. The summed E-state index contributed by atoms with van der Waals surface area (Å²) in [5.74, 6) is 0.499. The number of rotatable bonds is 3. The van der Waals surface area contributed by atoms with E-state index in [2.05, 4.69) is 5.32 Å². The van der Waals surface area contributed by atoms with Crippen molar-refractivity contribution in [1.82, 2.24) is 0 Å². The molecule has 1 N–H and O–H groups in total. The third-order valence-electron chi connectivity index (χ3n) is 3.03. The SMILES string of the molecule is CCc1cc(NC(=O)Oc2ccccc2)cc(Cl)c1C. The van der Waals surface area contributed by atoms with Gasteiger partial charge in [0.15, 0.2) is 0 Å². The lowest BCUT2D eigenvalue weighted by Crippen LogP contribution is -2.16. The largest absolute Gasteiger partial charge is 0.417 e. The topological polar surface area (TPSA) is 38.3 Å². The van der Waals surface area contributed by atoms with Crippen molar-refractivity contribution in [3.05, 3.63) is 58.6 Å². The maximum absolute atomic E-state index is 11.8. The van der Waals surface area contributed by atoms with E-state index >= 15 is 0 Å². The minimum Gasteiger partial charge on any atom is -0.410 e. The fraction of sp³-hybridized carbons (Fsp3) is 0.188. The molecule has 2 rings (SSSR count). The number of amides is 1. The van der Waals surface area contributed by atoms with Crippen molar-refractivity contribution in [2.45, 2.75) is 20.3 Å². The molecule has 0 aliphatic carbocycles. The molecule has 0 saturated heterocycles. The van der Waals surface area contributed by atoms with Crippen molar-refractivity contribution in [2.24, 2.45) is 0 Å². The fourth-order valence-corrected chi connectivity index (χ4v) is 2.15. The molecule has 2 aromatic rings. The normalized spacial score (nSPS) is 10.2. The number of hydrogen-bond acceptors (Lipinski definition) is 2. The van der Waals surface area contributed by atoms with Gasteiger partial charge in [0.25, 0.3) is 0 Å². The zero-order valence-corrected chi connectivity index (χ0v) is 12.2. The number of ether oxygens (including phenoxy) is 1. The molecule has 0 fully saturated rings. The van der Waals surface area contributed by atoms with Gasteiger partial charge in [-0.2, -0.15) is 0 Å². The third kappa shape index (κ3) is 3.52. The summed E-state index contributed by atoms with van der Waals surface area (Å²) in [6.45, 7) is 4.01. The first-order valence-corrected chi connectivity index (χ1v) is 6.81. The van der Waals surface area contributed by atoms with Crippen molar-refractivity contribution in [1.29, 1.82) is 0 Å². The zero-order chi connectivity index (χ0) is 14.5. The van der Waals surface area contributed by atoms with Gasteiger partial charge in [-0.25, -0.2) is 4.79 Å². The lowest BCUT2D eigenvalue weighted by Gasteiger charge is -2.11. The number of halogens is 1. The van der Waals surface area contributed by atoms with Gasteiger partial charge < -0.3 is 4.74 Å². The lowest BCUT2D eigenvalue weighted by molar-refractivity contribution is 0.215. The van der Waals surface area contributed by atoms with Gasteiger partial charge in [-0.1, -0.05) is 36.7 Å². The summed E-state index contributed by atoms with van der Waals surface area (Å²) in [6, 6.07) is 12.5. The first-order valence-electron chi connectivity index (χ1n) is 6.43. The monoisotopic (exact) mass is 289 g/mol. The van der Waals surface area contributed by atoms with Crippen LogP contribution in [0.1, 0.15) is 18.1 Å². The Balaban J connectivity index is 2.10. The highest BCUT2D eigenvalue weighted by atomic mass is 35.5. The summed E-state index contributed by atoms with van der Waals surface area (Å²) >= 11 is 6.15. The van der Waals surface area contributed by atoms with E-state index in [4.69, 9.17) is 16.3 Å². The summed E-state index contributed by atoms with van der Waals surface area (Å²) in [4.78, 5) is 11.8. The van der Waals surface area contributed by atoms with Crippen LogP contribution in [0.2, 0.25) is 5.02 Å². The second-order valence-corrected chi connectivity index (χ2v) is 4.83. The molecule has 0 saturated carbocycles. The molecule has 0 radical (unpaired) electrons. The average Bonchev–Trinajstić information content (AvgIpc) is 2.43. The quantitative estimate of drug-likeness (QED) is 0.879. The number of carbonyl (C=O) groups excluding carboxylic acids is 1. The molecular weight excluding hydrogens is 274 g/mol. The average molecular weight is 290 g/mol. The standard InChI is InChI=1S/C16H16ClNO2/c1-3-12-9-13(10-15(17)11(12)2)18-16(19)20-14-7-5-4-6-8-14/h4-10H,3H2,1-2H3,(H,18,19). The van der Waals surface area contributed by atoms with Crippen LogP contribution in [-0.2, 0) is 6.42 Å². The zero-order valence-electron chi connectivity index (χ0n) is 11.4. The number of hydrogen-bond donors (Lipinski definition) is 1. The third-order valence-corrected chi connectivity index (χ3v) is 3.43. The predicted molar refractivity (Wildman–Crippen MR) is 81.7 cm³/mol. The Labute approximate surface area is 123 Å². The van der Waals surface area contributed by atoms with Crippen molar-refractivity contribution in [3.8, 4) is 5.75 Å². The van der Waals surface area contributed by atoms with E-state index in [0.29, 0.717) is 16.5 Å². The molecule has 4 heteroatoms. The molecule has 2 aromatic carbocycles. The van der Waals surface area contributed by atoms with Gasteiger partial charge in [0.05, 0.1) is 0 Å². The summed E-state index contributed by atoms with van der Waals surface area (Å²) in [5.41, 5.74) is 2.78. The van der Waals surface area contributed by atoms with Crippen LogP contribution in [0.4, 0.5) is 10.5 Å². The number of benzene rings is 2. The van der Waals surface area contributed by atoms with E-state index in [-0.39, 0.29) is 0 Å². The molecule has 0 unspecified atom stereocenters. The van der Waals surface area contributed by atoms with Gasteiger partial charge in [-0.3, -0.25) is 5.32 Å². The van der Waals surface area contributed by atoms with Crippen LogP contribution in [0.5, 0.6) is 5.75 Å². The van der Waals surface area contributed by atoms with Crippen molar-refractivity contribution >= 4 is 23.4 Å². The molecule has 0 aliphatic heterocycles. The van der Waals surface area contributed by atoms with Gasteiger partial charge in [0.1, 0.15) is 5.75 Å². The molecular formula is C16H16ClNO2. The Kier molecular flexibility index (Phi) is 4.64. The predicted octanol–water partition coefficient (Wildman–Crippen LogP) is 4.82. The Hall–Kier alpha value is -2.00. The second-order valence-electron chi connectivity index (χ2n) is 4.42. The number of para-hydroxylation sites is 1. The van der Waals surface area contributed by atoms with Gasteiger partial charge in [0.2, 0.25) is 0 Å². The van der Waals surface area contributed by atoms with Crippen molar-refractivity contribution < 1.29 is 9.53 Å². The van der Waals surface area contributed by atoms with Crippen LogP contribution in [0, 0.1) is 6.92 Å². The highest BCUT2D eigenvalue weighted by molar-refractivity contribution is 6.31. The molecule has 0 heterocycles. The smallest absolute Gasteiger partial charge is 0.410 e. The highest BCUT2D eigenvalue weighted by Gasteiger charge is 2.09. The van der Waals surface area contributed by atoms with Gasteiger partial charge in [-0.15, -0.1) is 0 Å². The Bertz CT molecular complexity index is 611. The number of aryl methyl sites for hydroxylation is 1. The maximum atomic E-state index is 11.8. The molecule has 20 heavy (non-hydrogen) atoms. The van der Waals surface area contributed by atoms with E-state index in [0.717, 1.165) is 17.5 Å². The number of anilines is 1. The Morgan fingerprint density at radius 2 is 1.95 bits per heavy atom.